The van der Waals surface area contributed by atoms with E-state index in [0.29, 0.717) is 16.9 Å². The zero-order valence-electron chi connectivity index (χ0n) is 9.64. The molecule has 0 saturated carbocycles. The van der Waals surface area contributed by atoms with Crippen molar-refractivity contribution in [3.63, 3.8) is 0 Å². The van der Waals surface area contributed by atoms with Crippen LogP contribution < -0.4 is 5.32 Å². The fraction of sp³-hybridized carbons (Fsp3) is 0.0769. The van der Waals surface area contributed by atoms with Gasteiger partial charge in [0.05, 0.1) is 5.69 Å². The number of carboxylic acids is 1. The number of rotatable bonds is 3. The Morgan fingerprint density at radius 3 is 2.78 bits per heavy atom. The van der Waals surface area contributed by atoms with Crippen molar-refractivity contribution in [2.24, 2.45) is 0 Å². The zero-order chi connectivity index (χ0) is 13.1. The fourth-order valence-electron chi connectivity index (χ4n) is 1.59. The summed E-state index contributed by atoms with van der Waals surface area (Å²) in [5.41, 5.74) is 1.85. The number of carbonyl (C=O) groups is 1. The van der Waals surface area contributed by atoms with Crippen molar-refractivity contribution in [2.75, 3.05) is 5.32 Å². The molecule has 0 aliphatic heterocycles. The highest BCUT2D eigenvalue weighted by atomic mass is 19.1. The first kappa shape index (κ1) is 12.0. The van der Waals surface area contributed by atoms with E-state index in [2.05, 4.69) is 10.3 Å². The quantitative estimate of drug-likeness (QED) is 0.874. The largest absolute Gasteiger partial charge is 0.478 e. The topological polar surface area (TPSA) is 62.2 Å². The lowest BCUT2D eigenvalue weighted by Gasteiger charge is -2.11. The summed E-state index contributed by atoms with van der Waals surface area (Å²) in [6.07, 6.45) is 2.76. The van der Waals surface area contributed by atoms with Crippen molar-refractivity contribution in [3.8, 4) is 0 Å². The van der Waals surface area contributed by atoms with Crippen LogP contribution in [-0.2, 0) is 0 Å². The summed E-state index contributed by atoms with van der Waals surface area (Å²) >= 11 is 0. The molecule has 1 aromatic carbocycles. The molecule has 18 heavy (non-hydrogen) atoms. The Balaban J connectivity index is 2.37. The van der Waals surface area contributed by atoms with Crippen LogP contribution in [0.15, 0.2) is 36.7 Å². The van der Waals surface area contributed by atoms with Gasteiger partial charge in [0.15, 0.2) is 0 Å². The number of anilines is 2. The number of hydrogen-bond donors (Lipinski definition) is 2. The Bertz CT molecular complexity index is 599. The third kappa shape index (κ3) is 2.45. The van der Waals surface area contributed by atoms with E-state index in [9.17, 15) is 9.18 Å². The number of aryl methyl sites for hydroxylation is 1. The molecule has 2 rings (SSSR count). The van der Waals surface area contributed by atoms with Crippen LogP contribution in [0.2, 0.25) is 0 Å². The van der Waals surface area contributed by atoms with Gasteiger partial charge in [-0.15, -0.1) is 0 Å². The van der Waals surface area contributed by atoms with Gasteiger partial charge < -0.3 is 10.4 Å². The van der Waals surface area contributed by atoms with E-state index in [1.807, 2.05) is 0 Å². The lowest BCUT2D eigenvalue weighted by atomic mass is 10.1. The summed E-state index contributed by atoms with van der Waals surface area (Å²) in [4.78, 5) is 14.8. The molecule has 1 aromatic heterocycles. The smallest absolute Gasteiger partial charge is 0.339 e. The summed E-state index contributed by atoms with van der Waals surface area (Å²) in [7, 11) is 0. The Morgan fingerprint density at radius 1 is 1.33 bits per heavy atom. The molecule has 0 unspecified atom stereocenters. The summed E-state index contributed by atoms with van der Waals surface area (Å²) < 4.78 is 13.0. The van der Waals surface area contributed by atoms with Gasteiger partial charge in [0.25, 0.3) is 0 Å². The highest BCUT2D eigenvalue weighted by Gasteiger charge is 2.10. The molecule has 5 heteroatoms. The average Bonchev–Trinajstić information content (AvgIpc) is 2.33. The molecule has 0 fully saturated rings. The molecule has 0 aliphatic rings. The van der Waals surface area contributed by atoms with Gasteiger partial charge in [0, 0.05) is 18.1 Å². The molecule has 1 heterocycles. The maximum absolute atomic E-state index is 13.0. The van der Waals surface area contributed by atoms with E-state index in [-0.39, 0.29) is 11.4 Å². The molecular weight excluding hydrogens is 235 g/mol. The second kappa shape index (κ2) is 4.83. The van der Waals surface area contributed by atoms with E-state index >= 15 is 0 Å². The molecule has 0 amide bonds. The van der Waals surface area contributed by atoms with Crippen LogP contribution in [0.25, 0.3) is 0 Å². The van der Waals surface area contributed by atoms with E-state index < -0.39 is 5.97 Å². The fourth-order valence-corrected chi connectivity index (χ4v) is 1.59. The van der Waals surface area contributed by atoms with Crippen LogP contribution in [0.1, 0.15) is 15.9 Å². The lowest BCUT2D eigenvalue weighted by molar-refractivity contribution is 0.0697. The average molecular weight is 246 g/mol. The minimum absolute atomic E-state index is 0.0706. The summed E-state index contributed by atoms with van der Waals surface area (Å²) in [6, 6.07) is 5.82. The zero-order valence-corrected chi connectivity index (χ0v) is 9.64. The van der Waals surface area contributed by atoms with Gasteiger partial charge in [-0.2, -0.15) is 0 Å². The molecular formula is C13H11FN2O2. The maximum Gasteiger partial charge on any atom is 0.339 e. The number of pyridine rings is 1. The van der Waals surface area contributed by atoms with Crippen molar-refractivity contribution in [1.82, 2.24) is 4.98 Å². The predicted octanol–water partition coefficient (Wildman–Crippen LogP) is 2.97. The normalized spacial score (nSPS) is 10.1. The van der Waals surface area contributed by atoms with E-state index in [0.717, 1.165) is 0 Å². The van der Waals surface area contributed by atoms with Gasteiger partial charge in [-0.3, -0.25) is 4.98 Å². The van der Waals surface area contributed by atoms with Gasteiger partial charge in [0.1, 0.15) is 11.4 Å². The minimum atomic E-state index is -1.06. The first-order valence-corrected chi connectivity index (χ1v) is 5.28. The van der Waals surface area contributed by atoms with Crippen LogP contribution in [0.4, 0.5) is 15.8 Å². The monoisotopic (exact) mass is 246 g/mol. The Labute approximate surface area is 103 Å². The molecule has 0 aliphatic carbocycles. The van der Waals surface area contributed by atoms with Crippen molar-refractivity contribution in [3.05, 3.63) is 53.6 Å². The Kier molecular flexibility index (Phi) is 3.23. The second-order valence-corrected chi connectivity index (χ2v) is 3.81. The van der Waals surface area contributed by atoms with Crippen LogP contribution >= 0.6 is 0 Å². The molecule has 2 N–H and O–H groups in total. The molecule has 0 atom stereocenters. The predicted molar refractivity (Wildman–Crippen MR) is 65.6 cm³/mol. The van der Waals surface area contributed by atoms with Gasteiger partial charge in [-0.1, -0.05) is 0 Å². The third-order valence-corrected chi connectivity index (χ3v) is 2.51. The van der Waals surface area contributed by atoms with E-state index in [4.69, 9.17) is 5.11 Å². The first-order valence-electron chi connectivity index (χ1n) is 5.28. The Hall–Kier alpha value is -2.43. The number of benzene rings is 1. The van der Waals surface area contributed by atoms with Crippen LogP contribution in [0, 0.1) is 12.7 Å². The number of aromatic nitrogens is 1. The molecule has 2 aromatic rings. The number of hydrogen-bond acceptors (Lipinski definition) is 3. The lowest BCUT2D eigenvalue weighted by Crippen LogP contribution is -2.04. The van der Waals surface area contributed by atoms with Gasteiger partial charge in [-0.25, -0.2) is 9.18 Å². The Morgan fingerprint density at radius 2 is 2.11 bits per heavy atom. The SMILES string of the molecule is Cc1cc(F)ccc1Nc1ccncc1C(=O)O. The van der Waals surface area contributed by atoms with Crippen molar-refractivity contribution in [2.45, 2.75) is 6.92 Å². The number of aromatic carboxylic acids is 1. The molecule has 0 bridgehead atoms. The third-order valence-electron chi connectivity index (χ3n) is 2.51. The number of nitrogens with zero attached hydrogens (tertiary/aromatic N) is 1. The van der Waals surface area contributed by atoms with Crippen molar-refractivity contribution >= 4 is 17.3 Å². The summed E-state index contributed by atoms with van der Waals surface area (Å²) in [5, 5.41) is 12.0. The summed E-state index contributed by atoms with van der Waals surface area (Å²) in [6.45, 7) is 1.74. The highest BCUT2D eigenvalue weighted by Crippen LogP contribution is 2.23. The van der Waals surface area contributed by atoms with Gasteiger partial charge in [-0.05, 0) is 36.8 Å². The number of carboxylic acid groups (broad SMARTS) is 1. The van der Waals surface area contributed by atoms with Gasteiger partial charge >= 0.3 is 5.97 Å². The van der Waals surface area contributed by atoms with Crippen LogP contribution in [0.3, 0.4) is 0 Å². The first-order chi connectivity index (χ1) is 8.58. The van der Waals surface area contributed by atoms with Crippen LogP contribution in [-0.4, -0.2) is 16.1 Å². The standard InChI is InChI=1S/C13H11FN2O2/c1-8-6-9(14)2-3-11(8)16-12-4-5-15-7-10(12)13(17)18/h2-7H,1H3,(H,15,16)(H,17,18). The molecule has 0 saturated heterocycles. The van der Waals surface area contributed by atoms with E-state index in [1.165, 1.54) is 24.5 Å². The van der Waals surface area contributed by atoms with Gasteiger partial charge in [0.2, 0.25) is 0 Å². The highest BCUT2D eigenvalue weighted by molar-refractivity contribution is 5.94. The van der Waals surface area contributed by atoms with Crippen molar-refractivity contribution in [1.29, 1.82) is 0 Å². The van der Waals surface area contributed by atoms with Crippen LogP contribution in [0.5, 0.6) is 0 Å². The maximum atomic E-state index is 13.0. The van der Waals surface area contributed by atoms with E-state index in [1.54, 1.807) is 19.1 Å². The summed E-state index contributed by atoms with van der Waals surface area (Å²) in [5.74, 6) is -1.39. The molecule has 4 nitrogen and oxygen atoms in total. The number of halogens is 1. The molecule has 0 spiro atoms. The minimum Gasteiger partial charge on any atom is -0.478 e. The van der Waals surface area contributed by atoms with Crippen molar-refractivity contribution < 1.29 is 14.3 Å². The number of nitrogens with one attached hydrogen (secondary N) is 1. The molecule has 92 valence electrons. The molecule has 0 radical (unpaired) electrons. The second-order valence-electron chi connectivity index (χ2n) is 3.81.